The van der Waals surface area contributed by atoms with Gasteiger partial charge in [-0.3, -0.25) is 0 Å². The molecule has 3 heteroatoms. The van der Waals surface area contributed by atoms with Gasteiger partial charge in [-0.15, -0.1) is 0 Å². The summed E-state index contributed by atoms with van der Waals surface area (Å²) in [4.78, 5) is 6.97. The van der Waals surface area contributed by atoms with Crippen molar-refractivity contribution in [1.29, 1.82) is 0 Å². The first kappa shape index (κ1) is 15.3. The van der Waals surface area contributed by atoms with Crippen LogP contribution in [0.1, 0.15) is 58.6 Å². The molecule has 1 aliphatic heterocycles. The van der Waals surface area contributed by atoms with Crippen LogP contribution in [0, 0.1) is 11.3 Å². The van der Waals surface area contributed by atoms with Gasteiger partial charge < -0.3 is 10.6 Å². The molecule has 2 atom stereocenters. The summed E-state index contributed by atoms with van der Waals surface area (Å²) in [6, 6.07) is 4.25. The first-order valence-electron chi connectivity index (χ1n) is 7.84. The van der Waals surface area contributed by atoms with Gasteiger partial charge in [0.1, 0.15) is 5.82 Å². The van der Waals surface area contributed by atoms with Crippen molar-refractivity contribution in [2.24, 2.45) is 17.1 Å². The predicted molar refractivity (Wildman–Crippen MR) is 85.8 cm³/mol. The van der Waals surface area contributed by atoms with Crippen molar-refractivity contribution in [3.05, 3.63) is 23.9 Å². The second kappa shape index (κ2) is 6.13. The van der Waals surface area contributed by atoms with Crippen LogP contribution in [0.5, 0.6) is 0 Å². The Morgan fingerprint density at radius 3 is 2.70 bits per heavy atom. The molecule has 1 aromatic heterocycles. The number of hydrogen-bond donors (Lipinski definition) is 1. The maximum atomic E-state index is 5.98. The number of hydrogen-bond acceptors (Lipinski definition) is 3. The van der Waals surface area contributed by atoms with Crippen molar-refractivity contribution in [3.8, 4) is 0 Å². The Morgan fingerprint density at radius 2 is 2.05 bits per heavy atom. The van der Waals surface area contributed by atoms with Gasteiger partial charge in [-0.1, -0.05) is 20.8 Å². The summed E-state index contributed by atoms with van der Waals surface area (Å²) in [5.41, 5.74) is 7.56. The molecule has 0 radical (unpaired) electrons. The van der Waals surface area contributed by atoms with E-state index in [4.69, 9.17) is 5.73 Å². The summed E-state index contributed by atoms with van der Waals surface area (Å²) in [5.74, 6) is 1.90. The number of anilines is 1. The molecule has 3 nitrogen and oxygen atoms in total. The van der Waals surface area contributed by atoms with Crippen molar-refractivity contribution in [2.45, 2.75) is 53.0 Å². The highest BCUT2D eigenvalue weighted by atomic mass is 15.2. The van der Waals surface area contributed by atoms with E-state index in [1.165, 1.54) is 24.8 Å². The third kappa shape index (κ3) is 3.72. The van der Waals surface area contributed by atoms with Crippen molar-refractivity contribution < 1.29 is 0 Å². The van der Waals surface area contributed by atoms with Gasteiger partial charge in [0.25, 0.3) is 0 Å². The Balaban J connectivity index is 2.09. The molecule has 0 spiro atoms. The van der Waals surface area contributed by atoms with Crippen LogP contribution in [0.4, 0.5) is 5.82 Å². The fourth-order valence-electron chi connectivity index (χ4n) is 3.08. The molecule has 2 N–H and O–H groups in total. The molecule has 0 aromatic carbocycles. The molecule has 0 bridgehead atoms. The first-order chi connectivity index (χ1) is 9.38. The number of nitrogens with two attached hydrogens (primary N) is 1. The van der Waals surface area contributed by atoms with Crippen LogP contribution in [0.15, 0.2) is 18.3 Å². The Hall–Kier alpha value is -1.09. The van der Waals surface area contributed by atoms with Gasteiger partial charge in [-0.05, 0) is 55.2 Å². The lowest BCUT2D eigenvalue weighted by molar-refractivity contribution is 0.220. The molecule has 112 valence electrons. The van der Waals surface area contributed by atoms with E-state index in [2.05, 4.69) is 36.7 Å². The van der Waals surface area contributed by atoms with Crippen LogP contribution in [-0.4, -0.2) is 18.1 Å². The molecule has 1 fully saturated rings. The highest BCUT2D eigenvalue weighted by Crippen LogP contribution is 2.35. The maximum Gasteiger partial charge on any atom is 0.128 e. The van der Waals surface area contributed by atoms with Gasteiger partial charge in [-0.25, -0.2) is 4.98 Å². The lowest BCUT2D eigenvalue weighted by Gasteiger charge is -2.30. The van der Waals surface area contributed by atoms with Gasteiger partial charge in [-0.2, -0.15) is 0 Å². The SMILES string of the molecule is C[C@H](N)c1ccnc(N2CCCC(C(C)(C)C)CC2)c1. The van der Waals surface area contributed by atoms with E-state index in [9.17, 15) is 0 Å². The van der Waals surface area contributed by atoms with Gasteiger partial charge in [0.2, 0.25) is 0 Å². The zero-order valence-electron chi connectivity index (χ0n) is 13.4. The van der Waals surface area contributed by atoms with E-state index >= 15 is 0 Å². The average Bonchev–Trinajstić information content (AvgIpc) is 2.64. The average molecular weight is 275 g/mol. The van der Waals surface area contributed by atoms with Crippen molar-refractivity contribution in [1.82, 2.24) is 4.98 Å². The van der Waals surface area contributed by atoms with E-state index in [-0.39, 0.29) is 6.04 Å². The highest BCUT2D eigenvalue weighted by molar-refractivity contribution is 5.41. The second-order valence-corrected chi connectivity index (χ2v) is 7.22. The maximum absolute atomic E-state index is 5.98. The molecule has 0 aliphatic carbocycles. The summed E-state index contributed by atoms with van der Waals surface area (Å²) < 4.78 is 0. The van der Waals surface area contributed by atoms with Crippen LogP contribution in [0.25, 0.3) is 0 Å². The van der Waals surface area contributed by atoms with Crippen molar-refractivity contribution >= 4 is 5.82 Å². The monoisotopic (exact) mass is 275 g/mol. The first-order valence-corrected chi connectivity index (χ1v) is 7.84. The van der Waals surface area contributed by atoms with Crippen LogP contribution in [0.3, 0.4) is 0 Å². The number of pyridine rings is 1. The lowest BCUT2D eigenvalue weighted by atomic mass is 9.77. The van der Waals surface area contributed by atoms with Crippen LogP contribution in [-0.2, 0) is 0 Å². The normalized spacial score (nSPS) is 22.4. The smallest absolute Gasteiger partial charge is 0.128 e. The summed E-state index contributed by atoms with van der Waals surface area (Å²) >= 11 is 0. The lowest BCUT2D eigenvalue weighted by Crippen LogP contribution is -2.27. The van der Waals surface area contributed by atoms with E-state index < -0.39 is 0 Å². The Kier molecular flexibility index (Phi) is 4.69. The van der Waals surface area contributed by atoms with E-state index in [0.29, 0.717) is 5.41 Å². The summed E-state index contributed by atoms with van der Waals surface area (Å²) in [7, 11) is 0. The topological polar surface area (TPSA) is 42.1 Å². The van der Waals surface area contributed by atoms with Crippen molar-refractivity contribution in [2.75, 3.05) is 18.0 Å². The number of rotatable bonds is 2. The van der Waals surface area contributed by atoms with Crippen LogP contribution in [0.2, 0.25) is 0 Å². The molecule has 2 heterocycles. The molecular formula is C17H29N3. The second-order valence-electron chi connectivity index (χ2n) is 7.22. The fourth-order valence-corrected chi connectivity index (χ4v) is 3.08. The Labute approximate surface area is 123 Å². The van der Waals surface area contributed by atoms with Crippen LogP contribution >= 0.6 is 0 Å². The number of aromatic nitrogens is 1. The quantitative estimate of drug-likeness (QED) is 0.893. The van der Waals surface area contributed by atoms with E-state index in [1.54, 1.807) is 0 Å². The van der Waals surface area contributed by atoms with Crippen LogP contribution < -0.4 is 10.6 Å². The molecule has 1 aromatic rings. The molecule has 2 rings (SSSR count). The molecule has 1 saturated heterocycles. The zero-order valence-corrected chi connectivity index (χ0v) is 13.4. The standard InChI is InChI=1S/C17H29N3/c1-13(18)14-7-9-19-16(12-14)20-10-5-6-15(8-11-20)17(2,3)4/h7,9,12-13,15H,5-6,8,10-11,18H2,1-4H3/t13-,15?/m0/s1. The minimum atomic E-state index is 0.0750. The number of nitrogens with zero attached hydrogens (tertiary/aromatic N) is 2. The van der Waals surface area contributed by atoms with E-state index in [0.717, 1.165) is 24.8 Å². The van der Waals surface area contributed by atoms with E-state index in [1.807, 2.05) is 19.2 Å². The molecule has 0 amide bonds. The molecule has 0 saturated carbocycles. The van der Waals surface area contributed by atoms with Gasteiger partial charge in [0.05, 0.1) is 0 Å². The van der Waals surface area contributed by atoms with Gasteiger partial charge in [0.15, 0.2) is 0 Å². The molecule has 1 aliphatic rings. The van der Waals surface area contributed by atoms with Gasteiger partial charge in [0, 0.05) is 25.3 Å². The largest absolute Gasteiger partial charge is 0.357 e. The third-order valence-corrected chi connectivity index (χ3v) is 4.57. The summed E-state index contributed by atoms with van der Waals surface area (Å²) in [5, 5.41) is 0. The molecule has 20 heavy (non-hydrogen) atoms. The highest BCUT2D eigenvalue weighted by Gasteiger charge is 2.27. The fraction of sp³-hybridized carbons (Fsp3) is 0.706. The third-order valence-electron chi connectivity index (χ3n) is 4.57. The Bertz CT molecular complexity index is 434. The Morgan fingerprint density at radius 1 is 1.30 bits per heavy atom. The molecule has 1 unspecified atom stereocenters. The summed E-state index contributed by atoms with van der Waals surface area (Å²) in [6.07, 6.45) is 5.73. The predicted octanol–water partition coefficient (Wildman–Crippen LogP) is 3.75. The summed E-state index contributed by atoms with van der Waals surface area (Å²) in [6.45, 7) is 11.3. The minimum absolute atomic E-state index is 0.0750. The van der Waals surface area contributed by atoms with Crippen molar-refractivity contribution in [3.63, 3.8) is 0 Å². The molecular weight excluding hydrogens is 246 g/mol. The minimum Gasteiger partial charge on any atom is -0.357 e. The zero-order chi connectivity index (χ0) is 14.8. The van der Waals surface area contributed by atoms with Gasteiger partial charge >= 0.3 is 0 Å².